The molecule has 0 spiro atoms. The first-order chi connectivity index (χ1) is 7.64. The molecule has 1 rings (SSSR count). The first kappa shape index (κ1) is 16.6. The number of halogens is 4. The van der Waals surface area contributed by atoms with Crippen LogP contribution in [0.1, 0.15) is 11.6 Å². The molecule has 6 N–H and O–H groups in total. The van der Waals surface area contributed by atoms with Gasteiger partial charge in [-0.15, -0.1) is 12.4 Å². The monoisotopic (exact) mass is 289 g/mol. The van der Waals surface area contributed by atoms with Gasteiger partial charge in [0, 0.05) is 12.1 Å². The number of phenolic OH excluding ortho intramolecular Hbond substituents is 3. The lowest BCUT2D eigenvalue weighted by molar-refractivity contribution is -0.210. The van der Waals surface area contributed by atoms with Crippen molar-refractivity contribution < 1.29 is 33.6 Å². The first-order valence-corrected chi connectivity index (χ1v) is 4.39. The van der Waals surface area contributed by atoms with Crippen LogP contribution in [0.5, 0.6) is 17.2 Å². The van der Waals surface area contributed by atoms with Gasteiger partial charge in [0.25, 0.3) is 0 Å². The van der Waals surface area contributed by atoms with E-state index in [4.69, 9.17) is 15.9 Å². The van der Waals surface area contributed by atoms with Crippen LogP contribution in [0.25, 0.3) is 0 Å². The fraction of sp³-hybridized carbons (Fsp3) is 0.333. The van der Waals surface area contributed by atoms with E-state index in [1.54, 1.807) is 0 Å². The van der Waals surface area contributed by atoms with Crippen molar-refractivity contribution in [2.24, 2.45) is 5.73 Å². The summed E-state index contributed by atoms with van der Waals surface area (Å²) < 4.78 is 36.6. The molecule has 0 aromatic heterocycles. The molecular formula is C9H11ClF3NO4. The molecule has 0 aliphatic heterocycles. The van der Waals surface area contributed by atoms with Crippen molar-refractivity contribution in [2.75, 3.05) is 0 Å². The molecule has 0 amide bonds. The highest BCUT2D eigenvalue weighted by molar-refractivity contribution is 5.85. The van der Waals surface area contributed by atoms with Crippen LogP contribution in [0, 0.1) is 0 Å². The van der Waals surface area contributed by atoms with Gasteiger partial charge in [0.2, 0.25) is 0 Å². The average molecular weight is 290 g/mol. The van der Waals surface area contributed by atoms with Gasteiger partial charge in [0.1, 0.15) is 17.2 Å². The minimum Gasteiger partial charge on any atom is -0.508 e. The van der Waals surface area contributed by atoms with E-state index in [-0.39, 0.29) is 12.4 Å². The second-order valence-electron chi connectivity index (χ2n) is 3.41. The summed E-state index contributed by atoms with van der Waals surface area (Å²) in [5.74, 6) is -2.21. The summed E-state index contributed by atoms with van der Waals surface area (Å²) in [4.78, 5) is 0. The molecule has 0 radical (unpaired) electrons. The molecule has 18 heavy (non-hydrogen) atoms. The summed E-state index contributed by atoms with van der Waals surface area (Å²) in [6, 6.07) is -0.647. The molecule has 0 aliphatic carbocycles. The van der Waals surface area contributed by atoms with Crippen molar-refractivity contribution in [3.63, 3.8) is 0 Å². The zero-order valence-electron chi connectivity index (χ0n) is 8.72. The van der Waals surface area contributed by atoms with Gasteiger partial charge < -0.3 is 26.2 Å². The molecule has 9 heteroatoms. The van der Waals surface area contributed by atoms with Gasteiger partial charge >= 0.3 is 6.18 Å². The van der Waals surface area contributed by atoms with Gasteiger partial charge in [-0.1, -0.05) is 0 Å². The number of rotatable bonds is 2. The maximum atomic E-state index is 12.2. The topological polar surface area (TPSA) is 107 Å². The molecule has 1 aromatic carbocycles. The van der Waals surface area contributed by atoms with E-state index in [1.165, 1.54) is 0 Å². The molecule has 1 aromatic rings. The van der Waals surface area contributed by atoms with Gasteiger partial charge in [-0.3, -0.25) is 0 Å². The highest BCUT2D eigenvalue weighted by Gasteiger charge is 2.44. The Balaban J connectivity index is 0.00000289. The number of alkyl halides is 3. The van der Waals surface area contributed by atoms with Crippen LogP contribution in [0.2, 0.25) is 0 Å². The van der Waals surface area contributed by atoms with Crippen LogP contribution in [0.15, 0.2) is 12.1 Å². The predicted molar refractivity (Wildman–Crippen MR) is 57.7 cm³/mol. The van der Waals surface area contributed by atoms with E-state index in [9.17, 15) is 23.4 Å². The fourth-order valence-electron chi connectivity index (χ4n) is 1.31. The number of hydrogen-bond acceptors (Lipinski definition) is 5. The SMILES string of the molecule is Cl.N[C@@H](c1c(O)cc(O)cc1O)[C@H](O)C(F)(F)F. The molecular weight excluding hydrogens is 279 g/mol. The second kappa shape index (κ2) is 5.51. The highest BCUT2D eigenvalue weighted by atomic mass is 35.5. The van der Waals surface area contributed by atoms with E-state index in [0.29, 0.717) is 12.1 Å². The Morgan fingerprint density at radius 3 is 1.78 bits per heavy atom. The molecule has 0 saturated carbocycles. The van der Waals surface area contributed by atoms with E-state index < -0.39 is 41.1 Å². The standard InChI is InChI=1S/C9H10F3NO4.ClH/c10-9(11,12)8(17)7(13)6-4(15)1-3(14)2-5(6)16;/h1-2,7-8,14-17H,13H2;1H/t7-,8-;/m0./s1. The Labute approximate surface area is 106 Å². The Hall–Kier alpha value is -1.38. The Bertz CT molecular complexity index is 404. The number of benzene rings is 1. The molecule has 5 nitrogen and oxygen atoms in total. The zero-order valence-corrected chi connectivity index (χ0v) is 9.53. The summed E-state index contributed by atoms with van der Waals surface area (Å²) >= 11 is 0. The summed E-state index contributed by atoms with van der Waals surface area (Å²) in [6.07, 6.45) is -7.93. The predicted octanol–water partition coefficient (Wildman–Crippen LogP) is 1.15. The van der Waals surface area contributed by atoms with Gasteiger partial charge in [-0.05, 0) is 0 Å². The lowest BCUT2D eigenvalue weighted by Gasteiger charge is -2.22. The van der Waals surface area contributed by atoms with Crippen molar-refractivity contribution in [1.82, 2.24) is 0 Å². The van der Waals surface area contributed by atoms with Crippen molar-refractivity contribution in [2.45, 2.75) is 18.3 Å². The third kappa shape index (κ3) is 3.31. The largest absolute Gasteiger partial charge is 0.508 e. The number of nitrogens with two attached hydrogens (primary N) is 1. The average Bonchev–Trinajstić information content (AvgIpc) is 2.13. The Morgan fingerprint density at radius 2 is 1.44 bits per heavy atom. The third-order valence-electron chi connectivity index (χ3n) is 2.13. The van der Waals surface area contributed by atoms with Crippen molar-refractivity contribution in [1.29, 1.82) is 0 Å². The van der Waals surface area contributed by atoms with Crippen LogP contribution in [0.3, 0.4) is 0 Å². The quantitative estimate of drug-likeness (QED) is 0.561. The van der Waals surface area contributed by atoms with Gasteiger partial charge in [0.15, 0.2) is 6.10 Å². The Kier molecular flexibility index (Phi) is 5.09. The molecule has 0 aliphatic rings. The normalized spacial score (nSPS) is 14.7. The van der Waals surface area contributed by atoms with Gasteiger partial charge in [-0.25, -0.2) is 0 Å². The molecule has 2 atom stereocenters. The summed E-state index contributed by atoms with van der Waals surface area (Å²) in [7, 11) is 0. The molecule has 0 heterocycles. The first-order valence-electron chi connectivity index (χ1n) is 4.39. The van der Waals surface area contributed by atoms with Crippen molar-refractivity contribution >= 4 is 12.4 Å². The third-order valence-corrected chi connectivity index (χ3v) is 2.13. The molecule has 0 bridgehead atoms. The van der Waals surface area contributed by atoms with E-state index in [0.717, 1.165) is 0 Å². The molecule has 0 saturated heterocycles. The maximum Gasteiger partial charge on any atom is 0.416 e. The fourth-order valence-corrected chi connectivity index (χ4v) is 1.31. The van der Waals surface area contributed by atoms with Gasteiger partial charge in [0.05, 0.1) is 11.6 Å². The lowest BCUT2D eigenvalue weighted by Crippen LogP contribution is -2.38. The lowest BCUT2D eigenvalue weighted by atomic mass is 9.99. The van der Waals surface area contributed by atoms with Crippen LogP contribution < -0.4 is 5.73 Å². The number of aliphatic hydroxyl groups is 1. The number of phenols is 3. The van der Waals surface area contributed by atoms with Crippen molar-refractivity contribution in [3.05, 3.63) is 17.7 Å². The summed E-state index contributed by atoms with van der Waals surface area (Å²) in [6.45, 7) is 0. The molecule has 0 unspecified atom stereocenters. The van der Waals surface area contributed by atoms with Crippen molar-refractivity contribution in [3.8, 4) is 17.2 Å². The van der Waals surface area contributed by atoms with Crippen LogP contribution >= 0.6 is 12.4 Å². The molecule has 104 valence electrons. The van der Waals surface area contributed by atoms with E-state index >= 15 is 0 Å². The second-order valence-corrected chi connectivity index (χ2v) is 3.41. The minimum atomic E-state index is -4.99. The van der Waals surface area contributed by atoms with Gasteiger partial charge in [-0.2, -0.15) is 13.2 Å². The number of aromatic hydroxyl groups is 3. The van der Waals surface area contributed by atoms with E-state index in [1.807, 2.05) is 0 Å². The number of aliphatic hydroxyl groups excluding tert-OH is 1. The van der Waals surface area contributed by atoms with Crippen LogP contribution in [-0.4, -0.2) is 32.7 Å². The van der Waals surface area contributed by atoms with Crippen LogP contribution in [0.4, 0.5) is 13.2 Å². The summed E-state index contributed by atoms with van der Waals surface area (Å²) in [5, 5.41) is 36.4. The van der Waals surface area contributed by atoms with Crippen LogP contribution in [-0.2, 0) is 0 Å². The maximum absolute atomic E-state index is 12.2. The zero-order chi connectivity index (χ0) is 13.4. The molecule has 0 fully saturated rings. The number of hydrogen-bond donors (Lipinski definition) is 5. The Morgan fingerprint density at radius 1 is 1.06 bits per heavy atom. The minimum absolute atomic E-state index is 0. The summed E-state index contributed by atoms with van der Waals surface area (Å²) in [5.41, 5.74) is 4.42. The smallest absolute Gasteiger partial charge is 0.416 e. The highest BCUT2D eigenvalue weighted by Crippen LogP contribution is 2.39. The van der Waals surface area contributed by atoms with E-state index in [2.05, 4.69) is 0 Å².